The van der Waals surface area contributed by atoms with E-state index in [1.807, 2.05) is 110 Å². The summed E-state index contributed by atoms with van der Waals surface area (Å²) in [4.78, 5) is 50.3. The third-order valence-electron chi connectivity index (χ3n) is 8.60. The number of aliphatic imine (C=N–C) groups is 1. The molecule has 1 aliphatic heterocycles. The molecule has 0 saturated heterocycles. The lowest BCUT2D eigenvalue weighted by Gasteiger charge is -2.28. The normalized spacial score (nSPS) is 14.2. The van der Waals surface area contributed by atoms with E-state index in [0.29, 0.717) is 25.9 Å². The fourth-order valence-corrected chi connectivity index (χ4v) is 6.27. The van der Waals surface area contributed by atoms with Crippen LogP contribution in [0.3, 0.4) is 0 Å². The molecule has 5 aromatic rings. The molecule has 240 valence electrons. The second-order valence-electron chi connectivity index (χ2n) is 12.5. The molecule has 0 spiro atoms. The summed E-state index contributed by atoms with van der Waals surface area (Å²) < 4.78 is 5.69. The number of ether oxygens (including phenoxy) is 1. The molecule has 4 aromatic carbocycles. The van der Waals surface area contributed by atoms with Gasteiger partial charge >= 0.3 is 5.97 Å². The predicted octanol–water partition coefficient (Wildman–Crippen LogP) is 6.62. The molecule has 2 atom stereocenters. The molecule has 1 aromatic heterocycles. The first-order valence-electron chi connectivity index (χ1n) is 16.2. The Hall–Kier alpha value is -5.24. The van der Waals surface area contributed by atoms with Crippen molar-refractivity contribution in [2.45, 2.75) is 58.3 Å². The van der Waals surface area contributed by atoms with Crippen molar-refractivity contribution in [3.8, 4) is 0 Å². The van der Waals surface area contributed by atoms with Gasteiger partial charge in [0.2, 0.25) is 5.91 Å². The predicted molar refractivity (Wildman–Crippen MR) is 185 cm³/mol. The molecule has 2 amide bonds. The van der Waals surface area contributed by atoms with Crippen molar-refractivity contribution in [1.82, 2.24) is 15.2 Å². The Morgan fingerprint density at radius 1 is 0.979 bits per heavy atom. The van der Waals surface area contributed by atoms with Crippen molar-refractivity contribution in [2.75, 3.05) is 6.54 Å². The molecule has 0 fully saturated rings. The summed E-state index contributed by atoms with van der Waals surface area (Å²) in [5.41, 5.74) is 4.59. The van der Waals surface area contributed by atoms with E-state index in [1.54, 1.807) is 6.21 Å². The van der Waals surface area contributed by atoms with Crippen LogP contribution in [0.25, 0.3) is 21.7 Å². The van der Waals surface area contributed by atoms with Gasteiger partial charge in [0.15, 0.2) is 0 Å². The first-order valence-corrected chi connectivity index (χ1v) is 16.2. The minimum Gasteiger partial charge on any atom is -0.459 e. The third-order valence-corrected chi connectivity index (χ3v) is 8.60. The molecule has 8 nitrogen and oxygen atoms in total. The number of carbonyl (C=O) groups excluding carboxylic acids is 3. The smallest absolute Gasteiger partial charge is 0.329 e. The number of aromatic amines is 1. The number of esters is 1. The summed E-state index contributed by atoms with van der Waals surface area (Å²) in [5, 5.41) is 6.07. The van der Waals surface area contributed by atoms with Crippen molar-refractivity contribution in [3.05, 3.63) is 119 Å². The highest BCUT2D eigenvalue weighted by molar-refractivity contribution is 6.10. The number of amides is 2. The van der Waals surface area contributed by atoms with Crippen LogP contribution < -0.4 is 5.32 Å². The highest BCUT2D eigenvalue weighted by Crippen LogP contribution is 2.30. The number of nitrogens with one attached hydrogen (secondary N) is 2. The number of benzene rings is 4. The maximum Gasteiger partial charge on any atom is 0.329 e. The molecular formula is C39H40N4O4. The second kappa shape index (κ2) is 14.5. The number of para-hydroxylation sites is 1. The average Bonchev–Trinajstić information content (AvgIpc) is 3.49. The fraction of sp³-hybridized carbons (Fsp3) is 0.282. The number of fused-ring (bicyclic) bond motifs is 1. The quantitative estimate of drug-likeness (QED) is 0.113. The number of H-pyrrole nitrogens is 1. The summed E-state index contributed by atoms with van der Waals surface area (Å²) >= 11 is 0. The van der Waals surface area contributed by atoms with Crippen LogP contribution >= 0.6 is 0 Å². The van der Waals surface area contributed by atoms with Gasteiger partial charge in [-0.05, 0) is 58.4 Å². The molecule has 0 bridgehead atoms. The number of hydrogen-bond acceptors (Lipinski definition) is 5. The molecule has 2 heterocycles. The minimum absolute atomic E-state index is 0.00770. The van der Waals surface area contributed by atoms with E-state index in [1.165, 1.54) is 0 Å². The maximum absolute atomic E-state index is 13.7. The van der Waals surface area contributed by atoms with E-state index in [-0.39, 0.29) is 30.8 Å². The number of hydrogen-bond donors (Lipinski definition) is 2. The Labute approximate surface area is 274 Å². The Bertz CT molecular complexity index is 1910. The van der Waals surface area contributed by atoms with E-state index in [0.717, 1.165) is 43.9 Å². The molecule has 1 aliphatic rings. The SMILES string of the molecule is CC(C)C[C@H](/N=C\CCN1Cc2cccc3cccc(c23)C1=O)C(=O)N[C@@H](Cc1c[nH]c2ccccc12)C(=O)OCc1ccccc1. The molecule has 6 rings (SSSR count). The third kappa shape index (κ3) is 7.43. The Balaban J connectivity index is 1.14. The zero-order chi connectivity index (χ0) is 32.8. The molecule has 0 saturated carbocycles. The van der Waals surface area contributed by atoms with Gasteiger partial charge in [-0.1, -0.05) is 92.7 Å². The zero-order valence-electron chi connectivity index (χ0n) is 26.8. The summed E-state index contributed by atoms with van der Waals surface area (Å²) in [6.45, 7) is 5.22. The number of nitrogens with zero attached hydrogens (tertiary/aromatic N) is 2. The summed E-state index contributed by atoms with van der Waals surface area (Å²) in [6.07, 6.45) is 4.90. The van der Waals surface area contributed by atoms with E-state index in [9.17, 15) is 14.4 Å². The topological polar surface area (TPSA) is 104 Å². The van der Waals surface area contributed by atoms with Crippen LogP contribution in [0.1, 0.15) is 53.7 Å². The van der Waals surface area contributed by atoms with Gasteiger partial charge in [-0.2, -0.15) is 0 Å². The van der Waals surface area contributed by atoms with Crippen LogP contribution in [-0.2, 0) is 33.9 Å². The van der Waals surface area contributed by atoms with E-state index < -0.39 is 18.1 Å². The number of carbonyl (C=O) groups is 3. The van der Waals surface area contributed by atoms with Crippen LogP contribution in [0.4, 0.5) is 0 Å². The zero-order valence-corrected chi connectivity index (χ0v) is 26.8. The van der Waals surface area contributed by atoms with Crippen molar-refractivity contribution in [2.24, 2.45) is 10.9 Å². The monoisotopic (exact) mass is 628 g/mol. The molecular weight excluding hydrogens is 588 g/mol. The lowest BCUT2D eigenvalue weighted by Crippen LogP contribution is -2.47. The van der Waals surface area contributed by atoms with Crippen LogP contribution in [0.2, 0.25) is 0 Å². The Morgan fingerprint density at radius 2 is 1.74 bits per heavy atom. The second-order valence-corrected chi connectivity index (χ2v) is 12.5. The largest absolute Gasteiger partial charge is 0.459 e. The van der Waals surface area contributed by atoms with Gasteiger partial charge in [0.1, 0.15) is 18.7 Å². The first kappa shape index (κ1) is 31.7. The van der Waals surface area contributed by atoms with Crippen molar-refractivity contribution < 1.29 is 19.1 Å². The molecule has 0 aliphatic carbocycles. The van der Waals surface area contributed by atoms with E-state index in [4.69, 9.17) is 4.74 Å². The molecule has 2 N–H and O–H groups in total. The van der Waals surface area contributed by atoms with Crippen molar-refractivity contribution in [1.29, 1.82) is 0 Å². The highest BCUT2D eigenvalue weighted by Gasteiger charge is 2.29. The van der Waals surface area contributed by atoms with Gasteiger partial charge < -0.3 is 19.9 Å². The van der Waals surface area contributed by atoms with E-state index in [2.05, 4.69) is 21.4 Å². The average molecular weight is 629 g/mol. The van der Waals surface area contributed by atoms with Gasteiger partial charge in [-0.25, -0.2) is 4.79 Å². The van der Waals surface area contributed by atoms with Gasteiger partial charge in [0.05, 0.1) is 0 Å². The maximum atomic E-state index is 13.7. The number of aromatic nitrogens is 1. The molecule has 8 heteroatoms. The Kier molecular flexibility index (Phi) is 9.76. The lowest BCUT2D eigenvalue weighted by atomic mass is 9.94. The molecule has 0 radical (unpaired) electrons. The molecule has 47 heavy (non-hydrogen) atoms. The van der Waals surface area contributed by atoms with Crippen LogP contribution in [-0.4, -0.2) is 52.5 Å². The first-order chi connectivity index (χ1) is 22.9. The standard InChI is InChI=1S/C39H40N4O4/c1-26(2)21-34(40-19-10-20-43-24-29-15-8-13-28-14-9-17-32(36(28)29)38(43)45)37(44)42-35(39(46)47-25-27-11-4-3-5-12-27)22-30-23-41-33-18-7-6-16-31(30)33/h3-9,11-19,23,26,34-35,41H,10,20-22,24-25H2,1-2H3,(H,42,44)/b40-19-/t34-,35-/m0/s1. The van der Waals surface area contributed by atoms with Crippen molar-refractivity contribution >= 4 is 45.7 Å². The van der Waals surface area contributed by atoms with Crippen LogP contribution in [0.5, 0.6) is 0 Å². The summed E-state index contributed by atoms with van der Waals surface area (Å²) in [6, 6.07) is 27.7. The highest BCUT2D eigenvalue weighted by atomic mass is 16.5. The minimum atomic E-state index is -0.899. The summed E-state index contributed by atoms with van der Waals surface area (Å²) in [7, 11) is 0. The van der Waals surface area contributed by atoms with Gasteiger partial charge in [0.25, 0.3) is 5.91 Å². The van der Waals surface area contributed by atoms with Gasteiger partial charge in [0, 0.05) is 48.4 Å². The fourth-order valence-electron chi connectivity index (χ4n) is 6.27. The molecule has 0 unspecified atom stereocenters. The van der Waals surface area contributed by atoms with Gasteiger partial charge in [-0.15, -0.1) is 0 Å². The van der Waals surface area contributed by atoms with Crippen LogP contribution in [0, 0.1) is 5.92 Å². The summed E-state index contributed by atoms with van der Waals surface area (Å²) in [5.74, 6) is -0.626. The Morgan fingerprint density at radius 3 is 2.55 bits per heavy atom. The van der Waals surface area contributed by atoms with Gasteiger partial charge in [-0.3, -0.25) is 14.6 Å². The van der Waals surface area contributed by atoms with E-state index >= 15 is 0 Å². The van der Waals surface area contributed by atoms with Crippen molar-refractivity contribution in [3.63, 3.8) is 0 Å². The van der Waals surface area contributed by atoms with Crippen LogP contribution in [0.15, 0.2) is 102 Å². The number of rotatable bonds is 13. The lowest BCUT2D eigenvalue weighted by molar-refractivity contribution is -0.149.